The Morgan fingerprint density at radius 2 is 2.04 bits per heavy atom. The molecular weight excluding hydrogens is 334 g/mol. The summed E-state index contributed by atoms with van der Waals surface area (Å²) in [7, 11) is 0. The summed E-state index contributed by atoms with van der Waals surface area (Å²) in [6, 6.07) is 10.1. The third-order valence-electron chi connectivity index (χ3n) is 4.50. The lowest BCUT2D eigenvalue weighted by atomic mass is 10.1. The molecule has 6 heteroatoms. The predicted octanol–water partition coefficient (Wildman–Crippen LogP) is 2.58. The van der Waals surface area contributed by atoms with E-state index in [9.17, 15) is 9.59 Å². The SMILES string of the molecule is Cc1nc(C)c(C(=O)N2CC[C@H](C(=O)NCCc3ccccc3)C2)s1. The number of thiazole rings is 1. The number of benzene rings is 1. The molecule has 1 aromatic carbocycles. The van der Waals surface area contributed by atoms with Crippen LogP contribution in [0.2, 0.25) is 0 Å². The van der Waals surface area contributed by atoms with E-state index in [2.05, 4.69) is 22.4 Å². The lowest BCUT2D eigenvalue weighted by Gasteiger charge is -2.16. The van der Waals surface area contributed by atoms with Crippen molar-refractivity contribution < 1.29 is 9.59 Å². The predicted molar refractivity (Wildman–Crippen MR) is 98.8 cm³/mol. The summed E-state index contributed by atoms with van der Waals surface area (Å²) in [6.45, 7) is 5.51. The van der Waals surface area contributed by atoms with Gasteiger partial charge in [-0.1, -0.05) is 30.3 Å². The summed E-state index contributed by atoms with van der Waals surface area (Å²) in [5, 5.41) is 3.90. The van der Waals surface area contributed by atoms with Gasteiger partial charge in [-0.15, -0.1) is 11.3 Å². The number of amides is 2. The van der Waals surface area contributed by atoms with Crippen LogP contribution in [0.25, 0.3) is 0 Å². The summed E-state index contributed by atoms with van der Waals surface area (Å²) < 4.78 is 0. The van der Waals surface area contributed by atoms with Crippen LogP contribution in [0.15, 0.2) is 30.3 Å². The van der Waals surface area contributed by atoms with Crippen molar-refractivity contribution in [1.29, 1.82) is 0 Å². The van der Waals surface area contributed by atoms with Gasteiger partial charge < -0.3 is 10.2 Å². The van der Waals surface area contributed by atoms with E-state index in [1.54, 1.807) is 4.90 Å². The van der Waals surface area contributed by atoms with Crippen LogP contribution in [-0.4, -0.2) is 41.3 Å². The number of nitrogens with one attached hydrogen (secondary N) is 1. The highest BCUT2D eigenvalue weighted by Crippen LogP contribution is 2.24. The molecule has 0 aliphatic carbocycles. The lowest BCUT2D eigenvalue weighted by Crippen LogP contribution is -2.35. The molecule has 1 aromatic heterocycles. The van der Waals surface area contributed by atoms with Crippen LogP contribution in [0.3, 0.4) is 0 Å². The number of aromatic nitrogens is 1. The molecule has 25 heavy (non-hydrogen) atoms. The summed E-state index contributed by atoms with van der Waals surface area (Å²) in [5.74, 6) is -0.0693. The monoisotopic (exact) mass is 357 g/mol. The van der Waals surface area contributed by atoms with Gasteiger partial charge in [0.25, 0.3) is 5.91 Å². The molecule has 0 radical (unpaired) electrons. The number of aryl methyl sites for hydroxylation is 2. The summed E-state index contributed by atoms with van der Waals surface area (Å²) in [6.07, 6.45) is 1.54. The van der Waals surface area contributed by atoms with E-state index in [4.69, 9.17) is 0 Å². The van der Waals surface area contributed by atoms with Gasteiger partial charge in [-0.25, -0.2) is 4.98 Å². The van der Waals surface area contributed by atoms with E-state index < -0.39 is 0 Å². The fourth-order valence-corrected chi connectivity index (χ4v) is 4.04. The van der Waals surface area contributed by atoms with Gasteiger partial charge in [-0.2, -0.15) is 0 Å². The minimum atomic E-state index is -0.117. The molecule has 3 rings (SSSR count). The van der Waals surface area contributed by atoms with Crippen molar-refractivity contribution in [2.45, 2.75) is 26.7 Å². The maximum absolute atomic E-state index is 12.6. The molecule has 0 spiro atoms. The fraction of sp³-hybridized carbons (Fsp3) is 0.421. The van der Waals surface area contributed by atoms with Crippen molar-refractivity contribution in [3.05, 3.63) is 51.5 Å². The van der Waals surface area contributed by atoms with E-state index >= 15 is 0 Å². The largest absolute Gasteiger partial charge is 0.355 e. The molecule has 1 saturated heterocycles. The molecule has 2 heterocycles. The van der Waals surface area contributed by atoms with Crippen molar-refractivity contribution in [2.75, 3.05) is 19.6 Å². The highest BCUT2D eigenvalue weighted by molar-refractivity contribution is 7.13. The number of likely N-dealkylation sites (tertiary alicyclic amines) is 1. The fourth-order valence-electron chi connectivity index (χ4n) is 3.15. The number of carbonyl (C=O) groups excluding carboxylic acids is 2. The molecule has 0 saturated carbocycles. The van der Waals surface area contributed by atoms with Gasteiger partial charge >= 0.3 is 0 Å². The Morgan fingerprint density at radius 3 is 2.72 bits per heavy atom. The Morgan fingerprint density at radius 1 is 1.28 bits per heavy atom. The second-order valence-electron chi connectivity index (χ2n) is 6.41. The number of nitrogens with zero attached hydrogens (tertiary/aromatic N) is 2. The van der Waals surface area contributed by atoms with Gasteiger partial charge in [0.2, 0.25) is 5.91 Å². The van der Waals surface area contributed by atoms with Crippen LogP contribution in [-0.2, 0) is 11.2 Å². The molecule has 1 aliphatic rings. The van der Waals surface area contributed by atoms with Crippen LogP contribution in [0.1, 0.15) is 32.4 Å². The highest BCUT2D eigenvalue weighted by atomic mass is 32.1. The molecule has 1 fully saturated rings. The molecule has 1 N–H and O–H groups in total. The quantitative estimate of drug-likeness (QED) is 0.895. The second-order valence-corrected chi connectivity index (χ2v) is 7.61. The van der Waals surface area contributed by atoms with Crippen molar-refractivity contribution in [3.8, 4) is 0 Å². The average molecular weight is 357 g/mol. The van der Waals surface area contributed by atoms with Gasteiger partial charge in [0.05, 0.1) is 16.6 Å². The zero-order chi connectivity index (χ0) is 17.8. The first-order valence-electron chi connectivity index (χ1n) is 8.59. The van der Waals surface area contributed by atoms with E-state index in [0.717, 1.165) is 23.5 Å². The zero-order valence-corrected chi connectivity index (χ0v) is 15.4. The van der Waals surface area contributed by atoms with Gasteiger partial charge in [-0.05, 0) is 32.3 Å². The van der Waals surface area contributed by atoms with E-state index in [0.29, 0.717) is 24.5 Å². The molecule has 1 atom stereocenters. The van der Waals surface area contributed by atoms with Gasteiger partial charge in [0.15, 0.2) is 0 Å². The molecule has 132 valence electrons. The maximum Gasteiger partial charge on any atom is 0.265 e. The Labute approximate surface area is 152 Å². The van der Waals surface area contributed by atoms with Crippen LogP contribution in [0, 0.1) is 19.8 Å². The molecule has 2 amide bonds. The van der Waals surface area contributed by atoms with Gasteiger partial charge in [-0.3, -0.25) is 9.59 Å². The second kappa shape index (κ2) is 7.78. The van der Waals surface area contributed by atoms with Gasteiger partial charge in [0, 0.05) is 19.6 Å². The standard InChI is InChI=1S/C19H23N3O2S/c1-13-17(25-14(2)21-13)19(24)22-11-9-16(12-22)18(23)20-10-8-15-6-4-3-5-7-15/h3-7,16H,8-12H2,1-2H3,(H,20,23)/t16-/m0/s1. The minimum Gasteiger partial charge on any atom is -0.355 e. The first kappa shape index (κ1) is 17.6. The summed E-state index contributed by atoms with van der Waals surface area (Å²) in [4.78, 5) is 31.8. The van der Waals surface area contributed by atoms with Crippen molar-refractivity contribution in [3.63, 3.8) is 0 Å². The third-order valence-corrected chi connectivity index (χ3v) is 5.56. The number of hydrogen-bond donors (Lipinski definition) is 1. The van der Waals surface area contributed by atoms with Crippen LogP contribution < -0.4 is 5.32 Å². The van der Waals surface area contributed by atoms with E-state index in [-0.39, 0.29) is 17.7 Å². The topological polar surface area (TPSA) is 62.3 Å². The Kier molecular flexibility index (Phi) is 5.48. The van der Waals surface area contributed by atoms with Crippen molar-refractivity contribution in [1.82, 2.24) is 15.2 Å². The molecule has 0 bridgehead atoms. The molecular formula is C19H23N3O2S. The first-order chi connectivity index (χ1) is 12.0. The zero-order valence-electron chi connectivity index (χ0n) is 14.6. The number of hydrogen-bond acceptors (Lipinski definition) is 4. The Bertz CT molecular complexity index is 757. The van der Waals surface area contributed by atoms with E-state index in [1.807, 2.05) is 32.0 Å². The van der Waals surface area contributed by atoms with Crippen LogP contribution in [0.5, 0.6) is 0 Å². The number of rotatable bonds is 5. The normalized spacial score (nSPS) is 16.9. The van der Waals surface area contributed by atoms with Crippen LogP contribution >= 0.6 is 11.3 Å². The molecule has 0 unspecified atom stereocenters. The highest BCUT2D eigenvalue weighted by Gasteiger charge is 2.32. The first-order valence-corrected chi connectivity index (χ1v) is 9.41. The van der Waals surface area contributed by atoms with Gasteiger partial charge in [0.1, 0.15) is 4.88 Å². The molecule has 1 aliphatic heterocycles. The maximum atomic E-state index is 12.6. The lowest BCUT2D eigenvalue weighted by molar-refractivity contribution is -0.124. The summed E-state index contributed by atoms with van der Waals surface area (Å²) in [5.41, 5.74) is 1.99. The van der Waals surface area contributed by atoms with Crippen molar-refractivity contribution >= 4 is 23.2 Å². The Hall–Kier alpha value is -2.21. The third kappa shape index (κ3) is 4.25. The van der Waals surface area contributed by atoms with Crippen molar-refractivity contribution in [2.24, 2.45) is 5.92 Å². The average Bonchev–Trinajstić information content (AvgIpc) is 3.22. The number of carbonyl (C=O) groups is 2. The van der Waals surface area contributed by atoms with Crippen LogP contribution in [0.4, 0.5) is 0 Å². The molecule has 2 aromatic rings. The summed E-state index contributed by atoms with van der Waals surface area (Å²) >= 11 is 1.43. The minimum absolute atomic E-state index is 0.00249. The van der Waals surface area contributed by atoms with E-state index in [1.165, 1.54) is 16.9 Å². The molecule has 5 nitrogen and oxygen atoms in total. The Balaban J connectivity index is 1.49. The smallest absolute Gasteiger partial charge is 0.265 e.